The van der Waals surface area contributed by atoms with Gasteiger partial charge >= 0.3 is 0 Å². The quantitative estimate of drug-likeness (QED) is 0.760. The molecule has 0 bridgehead atoms. The summed E-state index contributed by atoms with van der Waals surface area (Å²) in [5.74, 6) is 0.0618. The van der Waals surface area contributed by atoms with E-state index in [0.717, 1.165) is 31.5 Å². The third kappa shape index (κ3) is 3.88. The SMILES string of the molecule is Cn1nc(C2CCc3ccccc3C2)c(C(N)=O)c1N.FC1CCNC1. The highest BCUT2D eigenvalue weighted by Gasteiger charge is 2.28. The minimum absolute atomic E-state index is 0.205. The fourth-order valence-corrected chi connectivity index (χ4v) is 3.65. The summed E-state index contributed by atoms with van der Waals surface area (Å²) in [6.07, 6.45) is 2.99. The van der Waals surface area contributed by atoms with Crippen molar-refractivity contribution in [1.29, 1.82) is 0 Å². The smallest absolute Gasteiger partial charge is 0.254 e. The number of primary amides is 1. The largest absolute Gasteiger partial charge is 0.383 e. The molecule has 5 N–H and O–H groups in total. The van der Waals surface area contributed by atoms with Crippen LogP contribution in [0.4, 0.5) is 10.2 Å². The summed E-state index contributed by atoms with van der Waals surface area (Å²) in [6, 6.07) is 8.40. The highest BCUT2D eigenvalue weighted by atomic mass is 19.1. The average molecular weight is 359 g/mol. The van der Waals surface area contributed by atoms with Gasteiger partial charge in [0.15, 0.2) is 0 Å². The number of aryl methyl sites for hydroxylation is 2. The lowest BCUT2D eigenvalue weighted by atomic mass is 9.81. The summed E-state index contributed by atoms with van der Waals surface area (Å²) < 4.78 is 13.4. The normalized spacial score (nSPS) is 21.6. The lowest BCUT2D eigenvalue weighted by Crippen LogP contribution is -2.19. The Morgan fingerprint density at radius 2 is 2.04 bits per heavy atom. The molecule has 140 valence electrons. The molecule has 2 aromatic rings. The van der Waals surface area contributed by atoms with Crippen LogP contribution in [0.25, 0.3) is 0 Å². The first-order valence-corrected chi connectivity index (χ1v) is 9.01. The molecule has 2 atom stereocenters. The number of hydrogen-bond donors (Lipinski definition) is 3. The zero-order valence-electron chi connectivity index (χ0n) is 15.0. The van der Waals surface area contributed by atoms with Gasteiger partial charge in [-0.1, -0.05) is 24.3 Å². The first-order chi connectivity index (χ1) is 12.5. The molecule has 0 radical (unpaired) electrons. The van der Waals surface area contributed by atoms with Crippen molar-refractivity contribution in [3.63, 3.8) is 0 Å². The second-order valence-electron chi connectivity index (χ2n) is 6.93. The van der Waals surface area contributed by atoms with Gasteiger partial charge in [-0.15, -0.1) is 0 Å². The van der Waals surface area contributed by atoms with Crippen LogP contribution >= 0.6 is 0 Å². The third-order valence-corrected chi connectivity index (χ3v) is 5.10. The zero-order valence-corrected chi connectivity index (χ0v) is 15.0. The van der Waals surface area contributed by atoms with Gasteiger partial charge in [-0.25, -0.2) is 4.39 Å². The number of carbonyl (C=O) groups excluding carboxylic acids is 1. The van der Waals surface area contributed by atoms with E-state index in [1.807, 2.05) is 6.07 Å². The molecule has 1 aliphatic heterocycles. The van der Waals surface area contributed by atoms with E-state index in [2.05, 4.69) is 28.6 Å². The second kappa shape index (κ2) is 7.86. The van der Waals surface area contributed by atoms with Gasteiger partial charge in [0.2, 0.25) is 0 Å². The lowest BCUT2D eigenvalue weighted by Gasteiger charge is -2.23. The van der Waals surface area contributed by atoms with Crippen molar-refractivity contribution in [2.45, 2.75) is 37.8 Å². The molecule has 4 rings (SSSR count). The predicted octanol–water partition coefficient (Wildman–Crippen LogP) is 1.69. The zero-order chi connectivity index (χ0) is 18.7. The Balaban J connectivity index is 0.000000278. The number of amides is 1. The number of hydrogen-bond acceptors (Lipinski definition) is 4. The molecule has 1 aromatic carbocycles. The number of alkyl halides is 1. The molecule has 26 heavy (non-hydrogen) atoms. The molecule has 0 spiro atoms. The minimum atomic E-state index is -0.565. The number of carbonyl (C=O) groups is 1. The Hall–Kier alpha value is -2.41. The Kier molecular flexibility index (Phi) is 5.56. The molecule has 1 aromatic heterocycles. The fraction of sp³-hybridized carbons (Fsp3) is 0.474. The van der Waals surface area contributed by atoms with E-state index in [1.54, 1.807) is 7.05 Å². The number of halogens is 1. The molecule has 2 heterocycles. The number of nitrogens with two attached hydrogens (primary N) is 2. The van der Waals surface area contributed by atoms with Gasteiger partial charge in [-0.05, 0) is 43.4 Å². The van der Waals surface area contributed by atoms with Crippen molar-refractivity contribution < 1.29 is 9.18 Å². The monoisotopic (exact) mass is 359 g/mol. The molecule has 2 aliphatic rings. The molecule has 2 unspecified atom stereocenters. The lowest BCUT2D eigenvalue weighted by molar-refractivity contribution is 0.0999. The summed E-state index contributed by atoms with van der Waals surface area (Å²) in [6.45, 7) is 1.43. The van der Waals surface area contributed by atoms with E-state index in [4.69, 9.17) is 11.5 Å². The average Bonchev–Trinajstić information content (AvgIpc) is 3.22. The second-order valence-corrected chi connectivity index (χ2v) is 6.93. The van der Waals surface area contributed by atoms with E-state index in [-0.39, 0.29) is 5.92 Å². The van der Waals surface area contributed by atoms with Gasteiger partial charge in [0, 0.05) is 19.5 Å². The number of nitrogens with one attached hydrogen (secondary N) is 1. The van der Waals surface area contributed by atoms with Crippen molar-refractivity contribution in [1.82, 2.24) is 15.1 Å². The number of rotatable bonds is 2. The van der Waals surface area contributed by atoms with E-state index in [1.165, 1.54) is 15.8 Å². The van der Waals surface area contributed by atoms with Gasteiger partial charge in [-0.3, -0.25) is 9.48 Å². The molecule has 1 amide bonds. The van der Waals surface area contributed by atoms with E-state index in [9.17, 15) is 9.18 Å². The molecular weight excluding hydrogens is 333 g/mol. The van der Waals surface area contributed by atoms with E-state index < -0.39 is 12.1 Å². The first-order valence-electron chi connectivity index (χ1n) is 9.01. The fourth-order valence-electron chi connectivity index (χ4n) is 3.65. The predicted molar refractivity (Wildman–Crippen MR) is 99.7 cm³/mol. The maximum absolute atomic E-state index is 11.9. The van der Waals surface area contributed by atoms with Gasteiger partial charge in [0.1, 0.15) is 17.6 Å². The topological polar surface area (TPSA) is 99.0 Å². The minimum Gasteiger partial charge on any atom is -0.383 e. The highest BCUT2D eigenvalue weighted by Crippen LogP contribution is 2.34. The van der Waals surface area contributed by atoms with Crippen LogP contribution in [0.2, 0.25) is 0 Å². The standard InChI is InChI=1S/C15H18N4O.C4H8FN/c1-19-14(16)12(15(17)20)13(18-19)11-7-6-9-4-2-3-5-10(9)8-11;5-4-1-2-6-3-4/h2-5,11H,6-8,16H2,1H3,(H2,17,20);4,6H,1-3H2. The molecule has 0 saturated carbocycles. The van der Waals surface area contributed by atoms with Crippen LogP contribution in [0.15, 0.2) is 24.3 Å². The van der Waals surface area contributed by atoms with E-state index in [0.29, 0.717) is 24.3 Å². The molecule has 1 saturated heterocycles. The third-order valence-electron chi connectivity index (χ3n) is 5.10. The highest BCUT2D eigenvalue weighted by molar-refractivity contribution is 5.98. The van der Waals surface area contributed by atoms with Crippen molar-refractivity contribution in [2.75, 3.05) is 18.8 Å². The summed E-state index contributed by atoms with van der Waals surface area (Å²) in [4.78, 5) is 11.6. The summed E-state index contributed by atoms with van der Waals surface area (Å²) in [5.41, 5.74) is 15.2. The number of nitrogen functional groups attached to an aromatic ring is 1. The van der Waals surface area contributed by atoms with Crippen LogP contribution in [0.5, 0.6) is 0 Å². The molecule has 6 nitrogen and oxygen atoms in total. The molecule has 1 fully saturated rings. The van der Waals surface area contributed by atoms with Crippen molar-refractivity contribution in [2.24, 2.45) is 12.8 Å². The van der Waals surface area contributed by atoms with Crippen molar-refractivity contribution in [3.05, 3.63) is 46.6 Å². The van der Waals surface area contributed by atoms with Crippen LogP contribution < -0.4 is 16.8 Å². The van der Waals surface area contributed by atoms with Crippen molar-refractivity contribution >= 4 is 11.7 Å². The number of nitrogens with zero attached hydrogens (tertiary/aromatic N) is 2. The van der Waals surface area contributed by atoms with Crippen molar-refractivity contribution in [3.8, 4) is 0 Å². The maximum Gasteiger partial charge on any atom is 0.254 e. The van der Waals surface area contributed by atoms with Crippen LogP contribution in [-0.4, -0.2) is 34.9 Å². The van der Waals surface area contributed by atoms with Gasteiger partial charge in [0.25, 0.3) is 5.91 Å². The first kappa shape index (κ1) is 18.4. The Morgan fingerprint density at radius 3 is 2.62 bits per heavy atom. The summed E-state index contributed by atoms with van der Waals surface area (Å²) in [7, 11) is 1.74. The Bertz CT molecular complexity index is 782. The maximum atomic E-state index is 11.9. The van der Waals surface area contributed by atoms with Gasteiger partial charge < -0.3 is 16.8 Å². The molecule has 7 heteroatoms. The number of fused-ring (bicyclic) bond motifs is 1. The van der Waals surface area contributed by atoms with E-state index >= 15 is 0 Å². The Morgan fingerprint density at radius 1 is 1.31 bits per heavy atom. The summed E-state index contributed by atoms with van der Waals surface area (Å²) >= 11 is 0. The van der Waals surface area contributed by atoms with Gasteiger partial charge in [-0.2, -0.15) is 5.10 Å². The van der Waals surface area contributed by atoms with Gasteiger partial charge in [0.05, 0.1) is 5.69 Å². The molecule has 1 aliphatic carbocycles. The summed E-state index contributed by atoms with van der Waals surface area (Å²) in [5, 5.41) is 7.32. The Labute approximate surface area is 152 Å². The molecular formula is C19H26FN5O. The number of anilines is 1. The van der Waals surface area contributed by atoms with Crippen LogP contribution in [0.3, 0.4) is 0 Å². The van der Waals surface area contributed by atoms with Crippen LogP contribution in [-0.2, 0) is 19.9 Å². The number of aromatic nitrogens is 2. The van der Waals surface area contributed by atoms with Crippen LogP contribution in [0.1, 0.15) is 45.9 Å². The number of benzene rings is 1. The van der Waals surface area contributed by atoms with Crippen LogP contribution in [0, 0.1) is 0 Å².